The molecule has 2 aromatic rings. The number of amides is 1. The van der Waals surface area contributed by atoms with Crippen molar-refractivity contribution in [2.45, 2.75) is 26.1 Å². The summed E-state index contributed by atoms with van der Waals surface area (Å²) < 4.78 is 10.6. The zero-order chi connectivity index (χ0) is 17.5. The van der Waals surface area contributed by atoms with E-state index in [2.05, 4.69) is 5.32 Å². The number of benzene rings is 2. The summed E-state index contributed by atoms with van der Waals surface area (Å²) in [5.41, 5.74) is 0.635. The topological polar surface area (TPSA) is 64.6 Å². The first-order chi connectivity index (χ1) is 11.5. The van der Waals surface area contributed by atoms with Gasteiger partial charge in [0.15, 0.2) is 12.2 Å². The molecular weight excluding hydrogens is 330 g/mol. The summed E-state index contributed by atoms with van der Waals surface area (Å²) in [5.74, 6) is -0.542. The Morgan fingerprint density at radius 1 is 0.958 bits per heavy atom. The monoisotopic (exact) mass is 347 g/mol. The fraction of sp³-hybridized carbons (Fsp3) is 0.222. The Morgan fingerprint density at radius 3 is 2.21 bits per heavy atom. The highest BCUT2D eigenvalue weighted by Gasteiger charge is 2.23. The quantitative estimate of drug-likeness (QED) is 0.810. The van der Waals surface area contributed by atoms with Gasteiger partial charge in [0.2, 0.25) is 0 Å². The molecule has 1 N–H and O–H groups in total. The second kappa shape index (κ2) is 8.36. The second-order valence-electron chi connectivity index (χ2n) is 5.15. The van der Waals surface area contributed by atoms with Crippen molar-refractivity contribution in [2.75, 3.05) is 5.32 Å². The Kier molecular flexibility index (Phi) is 6.21. The summed E-state index contributed by atoms with van der Waals surface area (Å²) in [5, 5.41) is 3.24. The van der Waals surface area contributed by atoms with Crippen molar-refractivity contribution in [1.29, 1.82) is 0 Å². The van der Waals surface area contributed by atoms with E-state index >= 15 is 0 Å². The number of esters is 1. The first kappa shape index (κ1) is 17.8. The van der Waals surface area contributed by atoms with Crippen molar-refractivity contribution in [1.82, 2.24) is 0 Å². The number of para-hydroxylation sites is 1. The minimum Gasteiger partial charge on any atom is -0.479 e. The van der Waals surface area contributed by atoms with Gasteiger partial charge in [-0.1, -0.05) is 29.8 Å². The molecular formula is C18H18ClNO4. The predicted octanol–water partition coefficient (Wildman–Crippen LogP) is 3.68. The van der Waals surface area contributed by atoms with E-state index in [0.29, 0.717) is 16.5 Å². The summed E-state index contributed by atoms with van der Waals surface area (Å²) in [6, 6.07) is 15.6. The highest BCUT2D eigenvalue weighted by atomic mass is 35.5. The van der Waals surface area contributed by atoms with Crippen LogP contribution in [0.25, 0.3) is 0 Å². The van der Waals surface area contributed by atoms with Crippen molar-refractivity contribution < 1.29 is 19.1 Å². The van der Waals surface area contributed by atoms with Gasteiger partial charge in [0.1, 0.15) is 5.75 Å². The fourth-order valence-corrected chi connectivity index (χ4v) is 1.98. The molecule has 0 aliphatic carbocycles. The number of hydrogen-bond donors (Lipinski definition) is 1. The summed E-state index contributed by atoms with van der Waals surface area (Å²) in [7, 11) is 0. The molecule has 2 aromatic carbocycles. The zero-order valence-electron chi connectivity index (χ0n) is 13.4. The van der Waals surface area contributed by atoms with Crippen LogP contribution in [0.3, 0.4) is 0 Å². The first-order valence-electron chi connectivity index (χ1n) is 7.44. The third kappa shape index (κ3) is 5.28. The van der Waals surface area contributed by atoms with Crippen LogP contribution < -0.4 is 10.1 Å². The third-order valence-electron chi connectivity index (χ3n) is 3.16. The average molecular weight is 348 g/mol. The summed E-state index contributed by atoms with van der Waals surface area (Å²) in [4.78, 5) is 24.1. The van der Waals surface area contributed by atoms with E-state index in [0.717, 1.165) is 0 Å². The lowest BCUT2D eigenvalue weighted by molar-refractivity contribution is -0.159. The molecule has 0 aliphatic heterocycles. The van der Waals surface area contributed by atoms with Gasteiger partial charge in [0.05, 0.1) is 0 Å². The Balaban J connectivity index is 1.85. The van der Waals surface area contributed by atoms with Crippen LogP contribution in [0.5, 0.6) is 5.75 Å². The maximum Gasteiger partial charge on any atom is 0.347 e. The number of anilines is 1. The summed E-state index contributed by atoms with van der Waals surface area (Å²) in [6.45, 7) is 3.06. The van der Waals surface area contributed by atoms with Gasteiger partial charge in [0.25, 0.3) is 5.91 Å². The van der Waals surface area contributed by atoms with Crippen LogP contribution in [-0.4, -0.2) is 24.1 Å². The SMILES string of the molecule is C[C@@H](OC(=O)[C@@H](C)Oc1ccc(Cl)cc1)C(=O)Nc1ccccc1. The lowest BCUT2D eigenvalue weighted by Gasteiger charge is -2.17. The summed E-state index contributed by atoms with van der Waals surface area (Å²) >= 11 is 5.79. The molecule has 126 valence electrons. The molecule has 5 nitrogen and oxygen atoms in total. The molecule has 0 saturated heterocycles. The molecule has 0 fully saturated rings. The Hall–Kier alpha value is -2.53. The van der Waals surface area contributed by atoms with Gasteiger partial charge >= 0.3 is 5.97 Å². The van der Waals surface area contributed by atoms with E-state index in [1.807, 2.05) is 6.07 Å². The van der Waals surface area contributed by atoms with Gasteiger partial charge in [-0.15, -0.1) is 0 Å². The lowest BCUT2D eigenvalue weighted by Crippen LogP contribution is -2.35. The van der Waals surface area contributed by atoms with Crippen molar-refractivity contribution in [3.8, 4) is 5.75 Å². The zero-order valence-corrected chi connectivity index (χ0v) is 14.1. The molecule has 0 bridgehead atoms. The van der Waals surface area contributed by atoms with Gasteiger partial charge in [-0.2, -0.15) is 0 Å². The third-order valence-corrected chi connectivity index (χ3v) is 3.41. The summed E-state index contributed by atoms with van der Waals surface area (Å²) in [6.07, 6.45) is -1.79. The van der Waals surface area contributed by atoms with Gasteiger partial charge in [-0.25, -0.2) is 4.79 Å². The highest BCUT2D eigenvalue weighted by Crippen LogP contribution is 2.17. The Bertz CT molecular complexity index is 688. The number of carbonyl (C=O) groups is 2. The predicted molar refractivity (Wildman–Crippen MR) is 92.2 cm³/mol. The van der Waals surface area contributed by atoms with Crippen molar-refractivity contribution in [3.63, 3.8) is 0 Å². The lowest BCUT2D eigenvalue weighted by atomic mass is 10.3. The molecule has 6 heteroatoms. The van der Waals surface area contributed by atoms with Crippen LogP contribution in [0.1, 0.15) is 13.8 Å². The van der Waals surface area contributed by atoms with E-state index < -0.39 is 24.1 Å². The highest BCUT2D eigenvalue weighted by molar-refractivity contribution is 6.30. The smallest absolute Gasteiger partial charge is 0.347 e. The second-order valence-corrected chi connectivity index (χ2v) is 5.58. The molecule has 0 aromatic heterocycles. The fourth-order valence-electron chi connectivity index (χ4n) is 1.85. The largest absolute Gasteiger partial charge is 0.479 e. The molecule has 0 unspecified atom stereocenters. The number of rotatable bonds is 6. The molecule has 0 heterocycles. The minimum atomic E-state index is -0.936. The van der Waals surface area contributed by atoms with E-state index in [4.69, 9.17) is 21.1 Å². The van der Waals surface area contributed by atoms with Crippen LogP contribution in [0.2, 0.25) is 5.02 Å². The standard InChI is InChI=1S/C18H18ClNO4/c1-12(17(21)20-15-6-4-3-5-7-15)24-18(22)13(2)23-16-10-8-14(19)9-11-16/h3-13H,1-2H3,(H,20,21)/t12-,13-/m1/s1. The van der Waals surface area contributed by atoms with E-state index in [1.165, 1.54) is 6.92 Å². The van der Waals surface area contributed by atoms with Crippen LogP contribution in [0.4, 0.5) is 5.69 Å². The number of ether oxygens (including phenoxy) is 2. The van der Waals surface area contributed by atoms with Gasteiger partial charge in [-0.3, -0.25) is 4.79 Å². The normalized spacial score (nSPS) is 12.8. The van der Waals surface area contributed by atoms with Gasteiger partial charge in [0, 0.05) is 10.7 Å². The molecule has 0 aliphatic rings. The minimum absolute atomic E-state index is 0.409. The van der Waals surface area contributed by atoms with Crippen LogP contribution in [-0.2, 0) is 14.3 Å². The van der Waals surface area contributed by atoms with Gasteiger partial charge < -0.3 is 14.8 Å². The van der Waals surface area contributed by atoms with Crippen molar-refractivity contribution >= 4 is 29.2 Å². The number of nitrogens with one attached hydrogen (secondary N) is 1. The van der Waals surface area contributed by atoms with Crippen LogP contribution in [0, 0.1) is 0 Å². The molecule has 2 rings (SSSR count). The van der Waals surface area contributed by atoms with E-state index in [-0.39, 0.29) is 0 Å². The van der Waals surface area contributed by atoms with E-state index in [9.17, 15) is 9.59 Å². The number of carbonyl (C=O) groups excluding carboxylic acids is 2. The van der Waals surface area contributed by atoms with Crippen LogP contribution >= 0.6 is 11.6 Å². The Morgan fingerprint density at radius 2 is 1.58 bits per heavy atom. The maximum absolute atomic E-state index is 12.0. The van der Waals surface area contributed by atoms with E-state index in [1.54, 1.807) is 55.5 Å². The molecule has 0 saturated carbocycles. The molecule has 0 radical (unpaired) electrons. The molecule has 24 heavy (non-hydrogen) atoms. The van der Waals surface area contributed by atoms with Crippen LogP contribution in [0.15, 0.2) is 54.6 Å². The maximum atomic E-state index is 12.0. The molecule has 1 amide bonds. The number of halogens is 1. The number of hydrogen-bond acceptors (Lipinski definition) is 4. The molecule has 2 atom stereocenters. The first-order valence-corrected chi connectivity index (χ1v) is 7.82. The van der Waals surface area contributed by atoms with Crippen molar-refractivity contribution in [2.24, 2.45) is 0 Å². The van der Waals surface area contributed by atoms with Crippen molar-refractivity contribution in [3.05, 3.63) is 59.6 Å². The van der Waals surface area contributed by atoms with Gasteiger partial charge in [-0.05, 0) is 50.2 Å². The average Bonchev–Trinajstić information content (AvgIpc) is 2.57. The Labute approximate surface area is 145 Å². The molecule has 0 spiro atoms.